The van der Waals surface area contributed by atoms with Crippen molar-refractivity contribution in [1.82, 2.24) is 14.5 Å². The molecule has 7 heteroatoms. The van der Waals surface area contributed by atoms with Crippen LogP contribution in [0.2, 0.25) is 0 Å². The van der Waals surface area contributed by atoms with Gasteiger partial charge in [0.05, 0.1) is 33.0 Å². The summed E-state index contributed by atoms with van der Waals surface area (Å²) in [4.78, 5) is 21.5. The van der Waals surface area contributed by atoms with Crippen LogP contribution in [0.15, 0.2) is 41.6 Å². The number of hydrogen-bond donors (Lipinski definition) is 0. The van der Waals surface area contributed by atoms with Gasteiger partial charge < -0.3 is 14.2 Å². The molecule has 0 unspecified atom stereocenters. The Morgan fingerprint density at radius 2 is 1.84 bits per heavy atom. The number of hydrogen-bond acceptors (Lipinski definition) is 6. The first-order chi connectivity index (χ1) is 12.2. The Morgan fingerprint density at radius 1 is 1.04 bits per heavy atom. The molecule has 0 bridgehead atoms. The molecule has 3 aromatic rings. The maximum atomic E-state index is 12.8. The van der Waals surface area contributed by atoms with E-state index in [4.69, 9.17) is 14.2 Å². The monoisotopic (exact) mass is 341 g/mol. The molecule has 0 N–H and O–H groups in total. The molecule has 1 aromatic carbocycles. The predicted molar refractivity (Wildman–Crippen MR) is 93.6 cm³/mol. The second-order valence-corrected chi connectivity index (χ2v) is 5.36. The van der Waals surface area contributed by atoms with Crippen LogP contribution in [0.5, 0.6) is 17.2 Å². The molecule has 130 valence electrons. The number of benzene rings is 1. The van der Waals surface area contributed by atoms with Crippen LogP contribution in [0.25, 0.3) is 10.9 Å². The van der Waals surface area contributed by atoms with Gasteiger partial charge >= 0.3 is 0 Å². The Labute approximate surface area is 144 Å². The Hall–Kier alpha value is -3.09. The van der Waals surface area contributed by atoms with Crippen LogP contribution in [0.3, 0.4) is 0 Å². The van der Waals surface area contributed by atoms with E-state index in [1.54, 1.807) is 16.8 Å². The summed E-state index contributed by atoms with van der Waals surface area (Å²) in [7, 11) is 4.53. The summed E-state index contributed by atoms with van der Waals surface area (Å²) in [5, 5.41) is 0.415. The number of rotatable bonds is 6. The number of ether oxygens (including phenoxy) is 3. The highest BCUT2D eigenvalue weighted by molar-refractivity contribution is 5.89. The van der Waals surface area contributed by atoms with Crippen LogP contribution in [0.1, 0.15) is 5.69 Å². The molecule has 2 aromatic heterocycles. The lowest BCUT2D eigenvalue weighted by atomic mass is 10.2. The van der Waals surface area contributed by atoms with Gasteiger partial charge in [-0.3, -0.25) is 14.3 Å². The van der Waals surface area contributed by atoms with E-state index in [9.17, 15) is 4.79 Å². The van der Waals surface area contributed by atoms with Gasteiger partial charge in [0.15, 0.2) is 11.5 Å². The summed E-state index contributed by atoms with van der Waals surface area (Å²) in [5.74, 6) is 1.22. The molecule has 0 saturated carbocycles. The van der Waals surface area contributed by atoms with Crippen molar-refractivity contribution in [2.45, 2.75) is 13.0 Å². The van der Waals surface area contributed by atoms with Crippen molar-refractivity contribution >= 4 is 10.9 Å². The number of aromatic nitrogens is 3. The molecular weight excluding hydrogens is 322 g/mol. The first-order valence-corrected chi connectivity index (χ1v) is 7.77. The average molecular weight is 341 g/mol. The van der Waals surface area contributed by atoms with E-state index in [0.717, 1.165) is 5.69 Å². The molecular formula is C18H19N3O4. The molecule has 25 heavy (non-hydrogen) atoms. The normalized spacial score (nSPS) is 10.7. The van der Waals surface area contributed by atoms with Crippen molar-refractivity contribution in [1.29, 1.82) is 0 Å². The minimum absolute atomic E-state index is 0.166. The molecule has 0 aliphatic carbocycles. The number of aryl methyl sites for hydroxylation is 2. The summed E-state index contributed by atoms with van der Waals surface area (Å²) in [5.41, 5.74) is 1.19. The van der Waals surface area contributed by atoms with Crippen LogP contribution in [0, 0.1) is 0 Å². The standard InChI is InChI=1S/C18H19N3O4/c1-23-14-10-13-15(17(25-3)16(14)24-2)20-11-21(18(13)22)9-7-12-6-4-5-8-19-12/h4-6,8,10-11H,7,9H2,1-3H3. The van der Waals surface area contributed by atoms with E-state index in [1.807, 2.05) is 18.2 Å². The third-order valence-electron chi connectivity index (χ3n) is 3.96. The maximum absolute atomic E-state index is 12.8. The Morgan fingerprint density at radius 3 is 2.48 bits per heavy atom. The topological polar surface area (TPSA) is 75.5 Å². The SMILES string of the molecule is COc1cc2c(=O)n(CCc3ccccn3)cnc2c(OC)c1OC. The molecule has 0 aliphatic rings. The summed E-state index contributed by atoms with van der Waals surface area (Å²) >= 11 is 0. The largest absolute Gasteiger partial charge is 0.493 e. The van der Waals surface area contributed by atoms with E-state index < -0.39 is 0 Å². The third kappa shape index (κ3) is 3.13. The fourth-order valence-electron chi connectivity index (χ4n) is 2.71. The maximum Gasteiger partial charge on any atom is 0.261 e. The minimum Gasteiger partial charge on any atom is -0.493 e. The Bertz CT molecular complexity index is 938. The number of fused-ring (bicyclic) bond motifs is 1. The van der Waals surface area contributed by atoms with E-state index in [1.165, 1.54) is 27.7 Å². The average Bonchev–Trinajstić information content (AvgIpc) is 2.66. The minimum atomic E-state index is -0.166. The lowest BCUT2D eigenvalue weighted by Gasteiger charge is -2.14. The van der Waals surface area contributed by atoms with Crippen molar-refractivity contribution in [3.8, 4) is 17.2 Å². The molecule has 0 radical (unpaired) electrons. The van der Waals surface area contributed by atoms with Gasteiger partial charge in [-0.05, 0) is 18.2 Å². The van der Waals surface area contributed by atoms with Crippen molar-refractivity contribution < 1.29 is 14.2 Å². The smallest absolute Gasteiger partial charge is 0.261 e. The first-order valence-electron chi connectivity index (χ1n) is 7.77. The van der Waals surface area contributed by atoms with Crippen molar-refractivity contribution in [3.63, 3.8) is 0 Å². The fraction of sp³-hybridized carbons (Fsp3) is 0.278. The molecule has 2 heterocycles. The highest BCUT2D eigenvalue weighted by Gasteiger charge is 2.19. The summed E-state index contributed by atoms with van der Waals surface area (Å²) in [6.45, 7) is 0.482. The van der Waals surface area contributed by atoms with E-state index >= 15 is 0 Å². The highest BCUT2D eigenvalue weighted by atomic mass is 16.5. The van der Waals surface area contributed by atoms with Gasteiger partial charge in [0.25, 0.3) is 5.56 Å². The summed E-state index contributed by atoms with van der Waals surface area (Å²) in [6.07, 6.45) is 3.89. The molecule has 0 fully saturated rings. The molecule has 0 amide bonds. The van der Waals surface area contributed by atoms with Gasteiger partial charge in [-0.15, -0.1) is 0 Å². The molecule has 7 nitrogen and oxygen atoms in total. The zero-order valence-corrected chi connectivity index (χ0v) is 14.4. The fourth-order valence-corrected chi connectivity index (χ4v) is 2.71. The second kappa shape index (κ2) is 7.21. The molecule has 0 saturated heterocycles. The third-order valence-corrected chi connectivity index (χ3v) is 3.96. The van der Waals surface area contributed by atoms with Crippen molar-refractivity contribution in [2.75, 3.05) is 21.3 Å². The molecule has 0 atom stereocenters. The molecule has 0 spiro atoms. The molecule has 3 rings (SSSR count). The summed E-state index contributed by atoms with van der Waals surface area (Å²) in [6, 6.07) is 7.34. The zero-order chi connectivity index (χ0) is 17.8. The first kappa shape index (κ1) is 16.8. The second-order valence-electron chi connectivity index (χ2n) is 5.36. The Balaban J connectivity index is 2.06. The quantitative estimate of drug-likeness (QED) is 0.683. The van der Waals surface area contributed by atoms with Gasteiger partial charge in [-0.25, -0.2) is 4.98 Å². The van der Waals surface area contributed by atoms with Crippen LogP contribution < -0.4 is 19.8 Å². The number of nitrogens with zero attached hydrogens (tertiary/aromatic N) is 3. The number of pyridine rings is 1. The van der Waals surface area contributed by atoms with Crippen LogP contribution in [-0.2, 0) is 13.0 Å². The van der Waals surface area contributed by atoms with E-state index in [0.29, 0.717) is 41.1 Å². The van der Waals surface area contributed by atoms with Crippen LogP contribution in [0.4, 0.5) is 0 Å². The van der Waals surface area contributed by atoms with Crippen LogP contribution in [-0.4, -0.2) is 35.9 Å². The predicted octanol–water partition coefficient (Wildman–Crippen LogP) is 2.06. The van der Waals surface area contributed by atoms with Gasteiger partial charge in [-0.2, -0.15) is 0 Å². The number of methoxy groups -OCH3 is 3. The summed E-state index contributed by atoms with van der Waals surface area (Å²) < 4.78 is 17.6. The van der Waals surface area contributed by atoms with Crippen LogP contribution >= 0.6 is 0 Å². The van der Waals surface area contributed by atoms with Crippen molar-refractivity contribution in [3.05, 3.63) is 52.8 Å². The molecule has 0 aliphatic heterocycles. The zero-order valence-electron chi connectivity index (χ0n) is 14.4. The highest BCUT2D eigenvalue weighted by Crippen LogP contribution is 2.41. The Kier molecular flexibility index (Phi) is 4.83. The van der Waals surface area contributed by atoms with Gasteiger partial charge in [0.1, 0.15) is 5.52 Å². The lowest BCUT2D eigenvalue weighted by molar-refractivity contribution is 0.326. The van der Waals surface area contributed by atoms with Gasteiger partial charge in [0.2, 0.25) is 5.75 Å². The van der Waals surface area contributed by atoms with E-state index in [2.05, 4.69) is 9.97 Å². The van der Waals surface area contributed by atoms with Gasteiger partial charge in [0, 0.05) is 24.9 Å². The van der Waals surface area contributed by atoms with E-state index in [-0.39, 0.29) is 5.56 Å². The van der Waals surface area contributed by atoms with Gasteiger partial charge in [-0.1, -0.05) is 6.07 Å². The van der Waals surface area contributed by atoms with Crippen molar-refractivity contribution in [2.24, 2.45) is 0 Å². The lowest BCUT2D eigenvalue weighted by Crippen LogP contribution is -2.22.